The molecular formula is C20H14F2N2O4. The van der Waals surface area contributed by atoms with E-state index in [0.717, 1.165) is 0 Å². The second-order valence-corrected chi connectivity index (χ2v) is 5.54. The maximum absolute atomic E-state index is 12.9. The summed E-state index contributed by atoms with van der Waals surface area (Å²) in [6.07, 6.45) is 0. The molecule has 3 rings (SSSR count). The smallest absolute Gasteiger partial charge is 0.338 e. The fourth-order valence-electron chi connectivity index (χ4n) is 2.20. The molecule has 28 heavy (non-hydrogen) atoms. The van der Waals surface area contributed by atoms with E-state index in [-0.39, 0.29) is 11.1 Å². The molecule has 0 bridgehead atoms. The van der Waals surface area contributed by atoms with E-state index >= 15 is 0 Å². The molecule has 0 aromatic heterocycles. The number of hydrogen-bond acceptors (Lipinski definition) is 6. The van der Waals surface area contributed by atoms with Gasteiger partial charge in [0, 0.05) is 0 Å². The fraction of sp³-hybridized carbons (Fsp3) is 0. The highest BCUT2D eigenvalue weighted by molar-refractivity contribution is 6.03. The summed E-state index contributed by atoms with van der Waals surface area (Å²) >= 11 is 0. The van der Waals surface area contributed by atoms with E-state index in [1.165, 1.54) is 60.7 Å². The maximum atomic E-state index is 12.9. The Morgan fingerprint density at radius 3 is 1.32 bits per heavy atom. The van der Waals surface area contributed by atoms with Crippen molar-refractivity contribution in [2.75, 3.05) is 11.0 Å². The topological polar surface area (TPSA) is 76.7 Å². The van der Waals surface area contributed by atoms with Gasteiger partial charge >= 0.3 is 11.9 Å². The third-order valence-corrected chi connectivity index (χ3v) is 3.58. The van der Waals surface area contributed by atoms with E-state index in [9.17, 15) is 18.4 Å². The van der Waals surface area contributed by atoms with Gasteiger partial charge in [-0.1, -0.05) is 12.1 Å². The normalized spacial score (nSPS) is 10.1. The number of benzene rings is 3. The van der Waals surface area contributed by atoms with Crippen molar-refractivity contribution in [3.63, 3.8) is 0 Å². The number of hydrogen-bond donors (Lipinski definition) is 2. The van der Waals surface area contributed by atoms with E-state index in [4.69, 9.17) is 9.68 Å². The molecule has 6 nitrogen and oxygen atoms in total. The highest BCUT2D eigenvalue weighted by Gasteiger charge is 2.20. The van der Waals surface area contributed by atoms with Crippen molar-refractivity contribution in [1.82, 2.24) is 0 Å². The van der Waals surface area contributed by atoms with Crippen molar-refractivity contribution in [3.05, 3.63) is 95.6 Å². The summed E-state index contributed by atoms with van der Waals surface area (Å²) in [6, 6.07) is 16.2. The molecule has 0 aliphatic rings. The highest BCUT2D eigenvalue weighted by atomic mass is 19.1. The second kappa shape index (κ2) is 8.63. The van der Waals surface area contributed by atoms with Crippen molar-refractivity contribution in [2.45, 2.75) is 0 Å². The van der Waals surface area contributed by atoms with E-state index in [1.807, 2.05) is 0 Å². The van der Waals surface area contributed by atoms with Crippen molar-refractivity contribution in [3.8, 4) is 0 Å². The van der Waals surface area contributed by atoms with Crippen molar-refractivity contribution in [2.24, 2.45) is 0 Å². The minimum atomic E-state index is -0.835. The molecule has 0 aliphatic carbocycles. The number of carbonyl (C=O) groups excluding carboxylic acids is 2. The lowest BCUT2D eigenvalue weighted by Crippen LogP contribution is -2.18. The SMILES string of the molecule is O=C(ONc1ccc(F)cc1)c1ccccc1C(=O)ONc1ccc(F)cc1. The summed E-state index contributed by atoms with van der Waals surface area (Å²) in [5, 5.41) is 0. The first kappa shape index (κ1) is 18.8. The van der Waals surface area contributed by atoms with Crippen LogP contribution < -0.4 is 11.0 Å². The Kier molecular flexibility index (Phi) is 5.81. The summed E-state index contributed by atoms with van der Waals surface area (Å²) in [4.78, 5) is 34.5. The van der Waals surface area contributed by atoms with Crippen LogP contribution in [-0.4, -0.2) is 11.9 Å². The lowest BCUT2D eigenvalue weighted by atomic mass is 10.1. The van der Waals surface area contributed by atoms with Gasteiger partial charge in [0.2, 0.25) is 0 Å². The fourth-order valence-corrected chi connectivity index (χ4v) is 2.20. The average Bonchev–Trinajstić information content (AvgIpc) is 2.72. The third kappa shape index (κ3) is 4.82. The zero-order chi connectivity index (χ0) is 19.9. The van der Waals surface area contributed by atoms with Crippen molar-refractivity contribution >= 4 is 23.3 Å². The van der Waals surface area contributed by atoms with E-state index in [2.05, 4.69) is 11.0 Å². The van der Waals surface area contributed by atoms with Gasteiger partial charge < -0.3 is 9.68 Å². The lowest BCUT2D eigenvalue weighted by molar-refractivity contribution is 0.0550. The molecule has 0 atom stereocenters. The predicted octanol–water partition coefficient (Wildman–Crippen LogP) is 4.33. The van der Waals surface area contributed by atoms with Crippen molar-refractivity contribution in [1.29, 1.82) is 0 Å². The molecule has 0 saturated heterocycles. The monoisotopic (exact) mass is 384 g/mol. The third-order valence-electron chi connectivity index (χ3n) is 3.58. The standard InChI is InChI=1S/C20H14F2N2O4/c21-13-5-9-15(10-6-13)23-27-19(25)17-3-1-2-4-18(17)20(26)28-24-16-11-7-14(22)8-12-16/h1-12,23-24H. The largest absolute Gasteiger partial charge is 0.363 e. The molecule has 3 aromatic carbocycles. The predicted molar refractivity (Wildman–Crippen MR) is 97.3 cm³/mol. The van der Waals surface area contributed by atoms with Crippen LogP contribution in [0, 0.1) is 11.6 Å². The number of carbonyl (C=O) groups is 2. The molecule has 0 unspecified atom stereocenters. The number of nitrogens with one attached hydrogen (secondary N) is 2. The van der Waals surface area contributed by atoms with Gasteiger partial charge in [-0.3, -0.25) is 0 Å². The summed E-state index contributed by atoms with van der Waals surface area (Å²) < 4.78 is 25.8. The molecule has 0 amide bonds. The zero-order valence-electron chi connectivity index (χ0n) is 14.3. The van der Waals surface area contributed by atoms with Crippen LogP contribution in [0.15, 0.2) is 72.8 Å². The second-order valence-electron chi connectivity index (χ2n) is 5.54. The molecular weight excluding hydrogens is 370 g/mol. The molecule has 0 aliphatic heterocycles. The first-order valence-electron chi connectivity index (χ1n) is 8.07. The van der Waals surface area contributed by atoms with E-state index in [1.54, 1.807) is 12.1 Å². The molecule has 3 aromatic rings. The minimum Gasteiger partial charge on any atom is -0.338 e. The Bertz CT molecular complexity index is 896. The summed E-state index contributed by atoms with van der Waals surface area (Å²) in [7, 11) is 0. The molecule has 0 radical (unpaired) electrons. The Balaban J connectivity index is 1.65. The molecule has 0 fully saturated rings. The van der Waals surface area contributed by atoms with Crippen molar-refractivity contribution < 1.29 is 28.0 Å². The molecule has 0 spiro atoms. The van der Waals surface area contributed by atoms with E-state index < -0.39 is 23.6 Å². The van der Waals surface area contributed by atoms with Gasteiger partial charge in [-0.15, -0.1) is 0 Å². The van der Waals surface area contributed by atoms with Gasteiger partial charge in [0.15, 0.2) is 0 Å². The minimum absolute atomic E-state index is 0.0389. The van der Waals surface area contributed by atoms with Crippen LogP contribution >= 0.6 is 0 Å². The van der Waals surface area contributed by atoms with Crippen LogP contribution in [-0.2, 0) is 9.68 Å². The van der Waals surface area contributed by atoms with Gasteiger partial charge in [0.25, 0.3) is 0 Å². The number of halogens is 2. The van der Waals surface area contributed by atoms with Gasteiger partial charge in [0.1, 0.15) is 11.6 Å². The Labute approximate surface area is 158 Å². The first-order chi connectivity index (χ1) is 13.5. The number of anilines is 2. The van der Waals surface area contributed by atoms with Gasteiger partial charge in [-0.25, -0.2) is 29.3 Å². The van der Waals surface area contributed by atoms with Gasteiger partial charge in [-0.05, 0) is 60.7 Å². The maximum Gasteiger partial charge on any atom is 0.363 e. The zero-order valence-corrected chi connectivity index (χ0v) is 14.3. The van der Waals surface area contributed by atoms with Gasteiger partial charge in [0.05, 0.1) is 22.5 Å². The Hall–Kier alpha value is -3.94. The van der Waals surface area contributed by atoms with E-state index in [0.29, 0.717) is 11.4 Å². The molecule has 2 N–H and O–H groups in total. The Morgan fingerprint density at radius 2 is 0.964 bits per heavy atom. The highest BCUT2D eigenvalue weighted by Crippen LogP contribution is 2.15. The van der Waals surface area contributed by atoms with Gasteiger partial charge in [-0.2, -0.15) is 0 Å². The van der Waals surface area contributed by atoms with Crippen LogP contribution in [0.5, 0.6) is 0 Å². The average molecular weight is 384 g/mol. The van der Waals surface area contributed by atoms with Crippen LogP contribution in [0.1, 0.15) is 20.7 Å². The summed E-state index contributed by atoms with van der Waals surface area (Å²) in [5.74, 6) is -2.53. The van der Waals surface area contributed by atoms with Crippen LogP contribution in [0.2, 0.25) is 0 Å². The Morgan fingerprint density at radius 1 is 0.607 bits per heavy atom. The molecule has 0 heterocycles. The molecule has 142 valence electrons. The molecule has 0 saturated carbocycles. The quantitative estimate of drug-likeness (QED) is 0.616. The van der Waals surface area contributed by atoms with Crippen LogP contribution in [0.3, 0.4) is 0 Å². The van der Waals surface area contributed by atoms with Crippen LogP contribution in [0.25, 0.3) is 0 Å². The summed E-state index contributed by atoms with van der Waals surface area (Å²) in [5.41, 5.74) is 5.39. The van der Waals surface area contributed by atoms with Crippen LogP contribution in [0.4, 0.5) is 20.2 Å². The molecule has 8 heteroatoms. The number of rotatable bonds is 6. The lowest BCUT2D eigenvalue weighted by Gasteiger charge is -2.11. The first-order valence-corrected chi connectivity index (χ1v) is 8.07. The summed E-state index contributed by atoms with van der Waals surface area (Å²) in [6.45, 7) is 0.